The average Bonchev–Trinajstić information content (AvgIpc) is 2.17. The Morgan fingerprint density at radius 1 is 1.31 bits per heavy atom. The van der Waals surface area contributed by atoms with Gasteiger partial charge in [-0.25, -0.2) is 0 Å². The van der Waals surface area contributed by atoms with Crippen molar-refractivity contribution in [2.75, 3.05) is 6.35 Å². The highest BCUT2D eigenvalue weighted by molar-refractivity contribution is 7.72. The van der Waals surface area contributed by atoms with Crippen molar-refractivity contribution in [1.29, 1.82) is 0 Å². The Balaban J connectivity index is 3.12. The molecule has 0 aliphatic carbocycles. The van der Waals surface area contributed by atoms with Gasteiger partial charge in [0, 0.05) is 11.0 Å². The molecule has 13 heavy (non-hydrogen) atoms. The molecule has 0 unspecified atom stereocenters. The fourth-order valence-corrected chi connectivity index (χ4v) is 2.99. The third-order valence-electron chi connectivity index (χ3n) is 2.24. The standard InChI is InChI=1S/C10H15O2P/c1-9(2)13(12,8-11)10-6-4-3-5-7-10/h3-7,9,11H,8H2,1-2H3/t13-/m0/s1. The van der Waals surface area contributed by atoms with Crippen LogP contribution in [0.2, 0.25) is 0 Å². The lowest BCUT2D eigenvalue weighted by molar-refractivity contribution is 0.358. The second-order valence-corrected chi connectivity index (χ2v) is 6.79. The van der Waals surface area contributed by atoms with E-state index in [9.17, 15) is 4.57 Å². The zero-order valence-electron chi connectivity index (χ0n) is 7.97. The number of benzene rings is 1. The van der Waals surface area contributed by atoms with E-state index in [2.05, 4.69) is 0 Å². The maximum atomic E-state index is 12.2. The van der Waals surface area contributed by atoms with Gasteiger partial charge in [-0.3, -0.25) is 0 Å². The molecule has 0 aromatic heterocycles. The molecule has 0 aliphatic rings. The maximum absolute atomic E-state index is 12.2. The number of hydrogen-bond acceptors (Lipinski definition) is 2. The Morgan fingerprint density at radius 3 is 2.23 bits per heavy atom. The van der Waals surface area contributed by atoms with Crippen molar-refractivity contribution in [3.8, 4) is 0 Å². The Kier molecular flexibility index (Phi) is 3.29. The first-order chi connectivity index (χ1) is 6.11. The van der Waals surface area contributed by atoms with Crippen LogP contribution in [0.3, 0.4) is 0 Å². The van der Waals surface area contributed by atoms with Crippen LogP contribution < -0.4 is 5.30 Å². The molecule has 72 valence electrons. The molecular formula is C10H15O2P. The first-order valence-corrected chi connectivity index (χ1v) is 6.32. The van der Waals surface area contributed by atoms with Crippen LogP contribution in [-0.4, -0.2) is 17.1 Å². The molecule has 1 aromatic rings. The van der Waals surface area contributed by atoms with Crippen molar-refractivity contribution in [2.45, 2.75) is 19.5 Å². The van der Waals surface area contributed by atoms with Gasteiger partial charge < -0.3 is 9.67 Å². The van der Waals surface area contributed by atoms with E-state index in [0.717, 1.165) is 5.30 Å². The number of hydrogen-bond donors (Lipinski definition) is 1. The summed E-state index contributed by atoms with van der Waals surface area (Å²) < 4.78 is 12.2. The number of aliphatic hydroxyl groups is 1. The quantitative estimate of drug-likeness (QED) is 0.754. The highest BCUT2D eigenvalue weighted by atomic mass is 31.2. The summed E-state index contributed by atoms with van der Waals surface area (Å²) >= 11 is 0. The molecule has 2 nitrogen and oxygen atoms in total. The fraction of sp³-hybridized carbons (Fsp3) is 0.400. The normalized spacial score (nSPS) is 15.7. The summed E-state index contributed by atoms with van der Waals surface area (Å²) in [6.45, 7) is 3.76. The van der Waals surface area contributed by atoms with Crippen LogP contribution in [0.5, 0.6) is 0 Å². The van der Waals surface area contributed by atoms with Gasteiger partial charge in [0.15, 0.2) is 0 Å². The molecule has 1 N–H and O–H groups in total. The topological polar surface area (TPSA) is 37.3 Å². The van der Waals surface area contributed by atoms with E-state index in [-0.39, 0.29) is 12.0 Å². The first kappa shape index (κ1) is 10.5. The summed E-state index contributed by atoms with van der Waals surface area (Å²) in [5.74, 6) is 0. The van der Waals surface area contributed by atoms with E-state index in [1.165, 1.54) is 0 Å². The number of rotatable bonds is 3. The summed E-state index contributed by atoms with van der Waals surface area (Å²) in [4.78, 5) is 0. The highest BCUT2D eigenvalue weighted by Gasteiger charge is 2.27. The van der Waals surface area contributed by atoms with E-state index in [4.69, 9.17) is 5.11 Å². The third-order valence-corrected chi connectivity index (χ3v) is 5.50. The van der Waals surface area contributed by atoms with Gasteiger partial charge in [0.2, 0.25) is 0 Å². The van der Waals surface area contributed by atoms with Gasteiger partial charge in [-0.05, 0) is 0 Å². The zero-order valence-corrected chi connectivity index (χ0v) is 8.87. The Labute approximate surface area is 79.0 Å². The SMILES string of the molecule is CC(C)[P@@](=O)(CO)c1ccccc1. The van der Waals surface area contributed by atoms with Crippen LogP contribution >= 0.6 is 7.14 Å². The Morgan fingerprint density at radius 2 is 1.85 bits per heavy atom. The van der Waals surface area contributed by atoms with Crippen molar-refractivity contribution >= 4 is 12.4 Å². The summed E-state index contributed by atoms with van der Waals surface area (Å²) in [5, 5.41) is 9.92. The van der Waals surface area contributed by atoms with Crippen LogP contribution in [0.4, 0.5) is 0 Å². The van der Waals surface area contributed by atoms with E-state index in [1.807, 2.05) is 44.2 Å². The minimum atomic E-state index is -2.57. The van der Waals surface area contributed by atoms with Gasteiger partial charge in [-0.1, -0.05) is 44.2 Å². The van der Waals surface area contributed by atoms with Crippen molar-refractivity contribution in [3.05, 3.63) is 30.3 Å². The molecular weight excluding hydrogens is 183 g/mol. The lowest BCUT2D eigenvalue weighted by atomic mass is 10.4. The van der Waals surface area contributed by atoms with Crippen molar-refractivity contribution in [3.63, 3.8) is 0 Å². The van der Waals surface area contributed by atoms with Gasteiger partial charge in [0.25, 0.3) is 0 Å². The largest absolute Gasteiger partial charge is 0.388 e. The van der Waals surface area contributed by atoms with Crippen LogP contribution in [-0.2, 0) is 4.57 Å². The fourth-order valence-electron chi connectivity index (χ4n) is 1.22. The van der Waals surface area contributed by atoms with Gasteiger partial charge in [0.1, 0.15) is 13.5 Å². The molecule has 0 saturated heterocycles. The average molecular weight is 198 g/mol. The highest BCUT2D eigenvalue weighted by Crippen LogP contribution is 2.47. The molecule has 0 radical (unpaired) electrons. The molecule has 0 spiro atoms. The summed E-state index contributed by atoms with van der Waals surface area (Å²) in [6.07, 6.45) is -0.241. The predicted molar refractivity (Wildman–Crippen MR) is 55.9 cm³/mol. The van der Waals surface area contributed by atoms with Gasteiger partial charge in [-0.15, -0.1) is 0 Å². The molecule has 1 rings (SSSR count). The van der Waals surface area contributed by atoms with Crippen molar-refractivity contribution in [1.82, 2.24) is 0 Å². The van der Waals surface area contributed by atoms with Crippen molar-refractivity contribution in [2.24, 2.45) is 0 Å². The van der Waals surface area contributed by atoms with Gasteiger partial charge in [0.05, 0.1) is 0 Å². The summed E-state index contributed by atoms with van der Waals surface area (Å²) in [5.41, 5.74) is -0.0000926. The van der Waals surface area contributed by atoms with Gasteiger partial charge >= 0.3 is 0 Å². The van der Waals surface area contributed by atoms with E-state index >= 15 is 0 Å². The first-order valence-electron chi connectivity index (χ1n) is 4.36. The molecule has 1 aromatic carbocycles. The molecule has 0 aliphatic heterocycles. The van der Waals surface area contributed by atoms with E-state index < -0.39 is 7.14 Å². The third kappa shape index (κ3) is 2.01. The molecule has 0 heterocycles. The molecule has 1 atom stereocenters. The molecule has 0 saturated carbocycles. The minimum Gasteiger partial charge on any atom is -0.388 e. The predicted octanol–water partition coefficient (Wildman–Crippen LogP) is 2.03. The van der Waals surface area contributed by atoms with Crippen LogP contribution in [0.1, 0.15) is 13.8 Å². The molecule has 3 heteroatoms. The van der Waals surface area contributed by atoms with E-state index in [1.54, 1.807) is 0 Å². The van der Waals surface area contributed by atoms with E-state index in [0.29, 0.717) is 0 Å². The lowest BCUT2D eigenvalue weighted by Crippen LogP contribution is -2.14. The second kappa shape index (κ2) is 4.08. The minimum absolute atomic E-state index is 0.0000926. The van der Waals surface area contributed by atoms with Crippen LogP contribution in [0.25, 0.3) is 0 Å². The number of aliphatic hydroxyl groups excluding tert-OH is 1. The van der Waals surface area contributed by atoms with Crippen molar-refractivity contribution < 1.29 is 9.67 Å². The Bertz CT molecular complexity index is 306. The van der Waals surface area contributed by atoms with Gasteiger partial charge in [-0.2, -0.15) is 0 Å². The zero-order chi connectivity index (χ0) is 9.90. The summed E-state index contributed by atoms with van der Waals surface area (Å²) in [6, 6.07) is 9.21. The molecule has 0 amide bonds. The molecule has 0 bridgehead atoms. The summed E-state index contributed by atoms with van der Waals surface area (Å²) in [7, 11) is -2.57. The van der Waals surface area contributed by atoms with Crippen LogP contribution in [0.15, 0.2) is 30.3 Å². The smallest absolute Gasteiger partial charge is 0.142 e. The Hall–Kier alpha value is -0.590. The lowest BCUT2D eigenvalue weighted by Gasteiger charge is -2.19. The second-order valence-electron chi connectivity index (χ2n) is 3.37. The monoisotopic (exact) mass is 198 g/mol. The maximum Gasteiger partial charge on any atom is 0.142 e. The molecule has 0 fully saturated rings. The van der Waals surface area contributed by atoms with Crippen LogP contribution in [0, 0.1) is 0 Å².